The number of amides is 2. The van der Waals surface area contributed by atoms with E-state index in [-0.39, 0.29) is 12.5 Å². The third kappa shape index (κ3) is 4.93. The van der Waals surface area contributed by atoms with E-state index in [0.717, 1.165) is 22.3 Å². The molecule has 170 valence electrons. The minimum atomic E-state index is -1.11. The zero-order valence-corrected chi connectivity index (χ0v) is 18.9. The number of nitrogens with zero attached hydrogens (tertiary/aromatic N) is 1. The number of rotatable bonds is 7. The van der Waals surface area contributed by atoms with Gasteiger partial charge in [-0.05, 0) is 49.4 Å². The number of carbonyl (C=O) groups is 3. The average Bonchev–Trinajstić information content (AvgIpc) is 3.07. The Labute approximate surface area is 188 Å². The molecule has 3 rings (SSSR count). The summed E-state index contributed by atoms with van der Waals surface area (Å²) in [4.78, 5) is 38.0. The zero-order valence-electron chi connectivity index (χ0n) is 18.9. The highest BCUT2D eigenvalue weighted by atomic mass is 16.5. The fourth-order valence-electron chi connectivity index (χ4n) is 4.09. The first kappa shape index (κ1) is 23.3. The van der Waals surface area contributed by atoms with Gasteiger partial charge in [-0.1, -0.05) is 55.5 Å². The third-order valence-electron chi connectivity index (χ3n) is 5.71. The van der Waals surface area contributed by atoms with Crippen LogP contribution in [0.25, 0.3) is 11.1 Å². The molecule has 1 aliphatic rings. The van der Waals surface area contributed by atoms with Crippen LogP contribution in [-0.4, -0.2) is 52.7 Å². The van der Waals surface area contributed by atoms with Crippen LogP contribution >= 0.6 is 0 Å². The van der Waals surface area contributed by atoms with Gasteiger partial charge in [0.05, 0.1) is 0 Å². The molecule has 0 aliphatic heterocycles. The Morgan fingerprint density at radius 3 is 2.03 bits per heavy atom. The monoisotopic (exact) mass is 438 g/mol. The average molecular weight is 439 g/mol. The van der Waals surface area contributed by atoms with Crippen molar-refractivity contribution in [1.29, 1.82) is 0 Å². The molecule has 0 fully saturated rings. The van der Waals surface area contributed by atoms with Crippen molar-refractivity contribution in [3.63, 3.8) is 0 Å². The Hall–Kier alpha value is -3.35. The van der Waals surface area contributed by atoms with Crippen molar-refractivity contribution < 1.29 is 24.2 Å². The van der Waals surface area contributed by atoms with Gasteiger partial charge < -0.3 is 20.1 Å². The second-order valence-corrected chi connectivity index (χ2v) is 8.92. The summed E-state index contributed by atoms with van der Waals surface area (Å²) in [6.07, 6.45) is -0.383. The van der Waals surface area contributed by atoms with Gasteiger partial charge in [-0.25, -0.2) is 4.79 Å². The maximum Gasteiger partial charge on any atom is 0.407 e. The molecular weight excluding hydrogens is 408 g/mol. The summed E-state index contributed by atoms with van der Waals surface area (Å²) >= 11 is 0. The molecule has 0 radical (unpaired) electrons. The van der Waals surface area contributed by atoms with Gasteiger partial charge in [0.25, 0.3) is 0 Å². The maximum atomic E-state index is 13.0. The molecule has 0 saturated heterocycles. The number of hydrogen-bond acceptors (Lipinski definition) is 4. The molecule has 32 heavy (non-hydrogen) atoms. The normalized spacial score (nSPS) is 13.6. The lowest BCUT2D eigenvalue weighted by molar-refractivity contribution is -0.149. The molecule has 7 nitrogen and oxygen atoms in total. The summed E-state index contributed by atoms with van der Waals surface area (Å²) in [6.45, 7) is 6.73. The zero-order chi connectivity index (χ0) is 23.5. The standard InChI is InChI=1S/C25H30N2O5/c1-5-21(23(30)27(14-22(28)29)25(2,3)4)26-24(31)32-15-20-18-12-8-6-10-16(18)17-11-7-9-13-19(17)20/h6-13,20-21H,5,14-15H2,1-4H3,(H,26,31)(H,28,29). The fraction of sp³-hybridized carbons (Fsp3) is 0.400. The summed E-state index contributed by atoms with van der Waals surface area (Å²) in [5.74, 6) is -1.64. The van der Waals surface area contributed by atoms with Crippen LogP contribution in [0.15, 0.2) is 48.5 Å². The Kier molecular flexibility index (Phi) is 6.87. The maximum absolute atomic E-state index is 13.0. The van der Waals surface area contributed by atoms with Crippen LogP contribution in [0.5, 0.6) is 0 Å². The van der Waals surface area contributed by atoms with Gasteiger partial charge in [-0.15, -0.1) is 0 Å². The van der Waals surface area contributed by atoms with E-state index in [1.807, 2.05) is 36.4 Å². The predicted molar refractivity (Wildman–Crippen MR) is 121 cm³/mol. The van der Waals surface area contributed by atoms with Crippen LogP contribution in [-0.2, 0) is 14.3 Å². The number of hydrogen-bond donors (Lipinski definition) is 2. The molecule has 2 amide bonds. The predicted octanol–water partition coefficient (Wildman–Crippen LogP) is 4.02. The lowest BCUT2D eigenvalue weighted by atomic mass is 9.98. The van der Waals surface area contributed by atoms with E-state index in [1.165, 1.54) is 4.90 Å². The Morgan fingerprint density at radius 2 is 1.56 bits per heavy atom. The molecule has 7 heteroatoms. The van der Waals surface area contributed by atoms with Crippen molar-refractivity contribution >= 4 is 18.0 Å². The quantitative estimate of drug-likeness (QED) is 0.681. The minimum absolute atomic E-state index is 0.0815. The highest BCUT2D eigenvalue weighted by Crippen LogP contribution is 2.44. The first-order valence-corrected chi connectivity index (χ1v) is 10.8. The second kappa shape index (κ2) is 9.42. The number of carbonyl (C=O) groups excluding carboxylic acids is 2. The molecule has 0 heterocycles. The number of carboxylic acids is 1. The molecule has 0 spiro atoms. The summed E-state index contributed by atoms with van der Waals surface area (Å²) in [7, 11) is 0. The Balaban J connectivity index is 1.69. The summed E-state index contributed by atoms with van der Waals surface area (Å²) in [6, 6.07) is 15.2. The lowest BCUT2D eigenvalue weighted by Gasteiger charge is -2.36. The summed E-state index contributed by atoms with van der Waals surface area (Å²) < 4.78 is 5.53. The number of ether oxygens (including phenoxy) is 1. The lowest BCUT2D eigenvalue weighted by Crippen LogP contribution is -2.56. The van der Waals surface area contributed by atoms with E-state index in [2.05, 4.69) is 17.4 Å². The molecule has 2 N–H and O–H groups in total. The number of carboxylic acid groups (broad SMARTS) is 1. The highest BCUT2D eigenvalue weighted by molar-refractivity contribution is 5.88. The van der Waals surface area contributed by atoms with E-state index >= 15 is 0 Å². The first-order valence-electron chi connectivity index (χ1n) is 10.8. The van der Waals surface area contributed by atoms with Crippen molar-refractivity contribution in [3.8, 4) is 11.1 Å². The van der Waals surface area contributed by atoms with Crippen LogP contribution in [0.1, 0.15) is 51.2 Å². The summed E-state index contributed by atoms with van der Waals surface area (Å²) in [5.41, 5.74) is 3.77. The molecular formula is C25H30N2O5. The van der Waals surface area contributed by atoms with Crippen molar-refractivity contribution in [2.45, 2.75) is 51.6 Å². The molecule has 2 aromatic rings. The van der Waals surface area contributed by atoms with Crippen molar-refractivity contribution in [2.75, 3.05) is 13.2 Å². The first-order chi connectivity index (χ1) is 15.1. The van der Waals surface area contributed by atoms with Gasteiger partial charge in [0.2, 0.25) is 5.91 Å². The fourth-order valence-corrected chi connectivity index (χ4v) is 4.09. The van der Waals surface area contributed by atoms with Gasteiger partial charge in [0, 0.05) is 11.5 Å². The van der Waals surface area contributed by atoms with Gasteiger partial charge in [-0.2, -0.15) is 0 Å². The molecule has 1 aliphatic carbocycles. The van der Waals surface area contributed by atoms with Crippen LogP contribution in [0.3, 0.4) is 0 Å². The largest absolute Gasteiger partial charge is 0.480 e. The molecule has 2 aromatic carbocycles. The second-order valence-electron chi connectivity index (χ2n) is 8.92. The van der Waals surface area contributed by atoms with Gasteiger partial charge in [-0.3, -0.25) is 9.59 Å². The highest BCUT2D eigenvalue weighted by Gasteiger charge is 2.34. The van der Waals surface area contributed by atoms with E-state index in [4.69, 9.17) is 4.74 Å². The van der Waals surface area contributed by atoms with Crippen LogP contribution in [0.4, 0.5) is 4.79 Å². The molecule has 0 bridgehead atoms. The van der Waals surface area contributed by atoms with Gasteiger partial charge >= 0.3 is 12.1 Å². The SMILES string of the molecule is CCC(NC(=O)OCC1c2ccccc2-c2ccccc21)C(=O)N(CC(=O)O)C(C)(C)C. The number of aliphatic carboxylic acids is 1. The van der Waals surface area contributed by atoms with Crippen LogP contribution in [0, 0.1) is 0 Å². The van der Waals surface area contributed by atoms with Gasteiger partial charge in [0.1, 0.15) is 19.2 Å². The topological polar surface area (TPSA) is 95.9 Å². The Morgan fingerprint density at radius 1 is 1.03 bits per heavy atom. The molecule has 1 unspecified atom stereocenters. The molecule has 0 aromatic heterocycles. The van der Waals surface area contributed by atoms with E-state index in [0.29, 0.717) is 6.42 Å². The number of benzene rings is 2. The number of alkyl carbamates (subject to hydrolysis) is 1. The summed E-state index contributed by atoms with van der Waals surface area (Å²) in [5, 5.41) is 11.8. The number of nitrogens with one attached hydrogen (secondary N) is 1. The third-order valence-corrected chi connectivity index (χ3v) is 5.71. The van der Waals surface area contributed by atoms with Gasteiger partial charge in [0.15, 0.2) is 0 Å². The minimum Gasteiger partial charge on any atom is -0.480 e. The van der Waals surface area contributed by atoms with Crippen molar-refractivity contribution in [2.24, 2.45) is 0 Å². The van der Waals surface area contributed by atoms with Crippen molar-refractivity contribution in [1.82, 2.24) is 10.2 Å². The molecule has 0 saturated carbocycles. The molecule has 1 atom stereocenters. The van der Waals surface area contributed by atoms with E-state index in [1.54, 1.807) is 27.7 Å². The van der Waals surface area contributed by atoms with Crippen molar-refractivity contribution in [3.05, 3.63) is 59.7 Å². The smallest absolute Gasteiger partial charge is 0.407 e. The van der Waals surface area contributed by atoms with Crippen LogP contribution < -0.4 is 5.32 Å². The number of fused-ring (bicyclic) bond motifs is 3. The van der Waals surface area contributed by atoms with E-state index < -0.39 is 36.1 Å². The van der Waals surface area contributed by atoms with Crippen LogP contribution in [0.2, 0.25) is 0 Å². The Bertz CT molecular complexity index is 966. The van der Waals surface area contributed by atoms with E-state index in [9.17, 15) is 19.5 Å².